The van der Waals surface area contributed by atoms with Crippen molar-refractivity contribution in [2.75, 3.05) is 11.6 Å². The first-order valence-corrected chi connectivity index (χ1v) is 6.61. The van der Waals surface area contributed by atoms with Crippen molar-refractivity contribution in [2.24, 2.45) is 4.99 Å². The second-order valence-electron chi connectivity index (χ2n) is 3.45. The zero-order chi connectivity index (χ0) is 11.9. The Kier molecular flexibility index (Phi) is 6.82. The van der Waals surface area contributed by atoms with E-state index in [-0.39, 0.29) is 24.0 Å². The highest BCUT2D eigenvalue weighted by molar-refractivity contribution is 14.0. The van der Waals surface area contributed by atoms with E-state index in [0.717, 1.165) is 16.5 Å². The van der Waals surface area contributed by atoms with Gasteiger partial charge in [-0.15, -0.1) is 24.0 Å². The molecule has 2 nitrogen and oxygen atoms in total. The highest BCUT2D eigenvalue weighted by atomic mass is 127. The summed E-state index contributed by atoms with van der Waals surface area (Å²) in [6.07, 6.45) is 2.01. The summed E-state index contributed by atoms with van der Waals surface area (Å²) in [5.41, 5.74) is 2.01. The van der Waals surface area contributed by atoms with Gasteiger partial charge in [-0.25, -0.2) is 4.99 Å². The summed E-state index contributed by atoms with van der Waals surface area (Å²) >= 11 is 1.60. The van der Waals surface area contributed by atoms with E-state index >= 15 is 0 Å². The minimum atomic E-state index is 0. The zero-order valence-corrected chi connectivity index (χ0v) is 13.2. The van der Waals surface area contributed by atoms with Crippen LogP contribution in [0.2, 0.25) is 0 Å². The summed E-state index contributed by atoms with van der Waals surface area (Å²) in [7, 11) is 0. The van der Waals surface area contributed by atoms with Crippen LogP contribution in [-0.4, -0.2) is 11.4 Å². The molecule has 0 aromatic heterocycles. The molecule has 0 bridgehead atoms. The number of benzene rings is 2. The summed E-state index contributed by atoms with van der Waals surface area (Å²) in [6, 6.07) is 20.0. The van der Waals surface area contributed by atoms with Gasteiger partial charge in [-0.3, -0.25) is 0 Å². The maximum atomic E-state index is 4.54. The maximum Gasteiger partial charge on any atom is 0.165 e. The van der Waals surface area contributed by atoms with Crippen LogP contribution in [0.3, 0.4) is 0 Å². The lowest BCUT2D eigenvalue weighted by Crippen LogP contribution is -2.06. The SMILES string of the molecule is CSC(=Nc1ccccc1)Nc1ccccc1.I. The average molecular weight is 370 g/mol. The fourth-order valence-electron chi connectivity index (χ4n) is 1.39. The lowest BCUT2D eigenvalue weighted by molar-refractivity contribution is 1.51. The molecule has 0 unspecified atom stereocenters. The van der Waals surface area contributed by atoms with Gasteiger partial charge in [0.1, 0.15) is 0 Å². The van der Waals surface area contributed by atoms with Crippen molar-refractivity contribution >= 4 is 52.3 Å². The molecule has 0 amide bonds. The lowest BCUT2D eigenvalue weighted by Gasteiger charge is -2.07. The minimum Gasteiger partial charge on any atom is -0.335 e. The molecule has 0 atom stereocenters. The molecular weight excluding hydrogens is 355 g/mol. The van der Waals surface area contributed by atoms with Gasteiger partial charge >= 0.3 is 0 Å². The molecular formula is C14H15IN2S. The quantitative estimate of drug-likeness (QED) is 0.468. The summed E-state index contributed by atoms with van der Waals surface area (Å²) in [5, 5.41) is 4.18. The molecule has 0 aliphatic rings. The van der Waals surface area contributed by atoms with Crippen LogP contribution in [0, 0.1) is 0 Å². The largest absolute Gasteiger partial charge is 0.335 e. The third-order valence-corrected chi connectivity index (χ3v) is 2.79. The molecule has 0 heterocycles. The fourth-order valence-corrected chi connectivity index (χ4v) is 1.81. The number of thioether (sulfide) groups is 1. The summed E-state index contributed by atoms with van der Waals surface area (Å²) in [4.78, 5) is 4.54. The van der Waals surface area contributed by atoms with E-state index in [0.29, 0.717) is 0 Å². The Hall–Kier alpha value is -1.01. The number of aliphatic imine (C=N–C) groups is 1. The van der Waals surface area contributed by atoms with E-state index in [4.69, 9.17) is 0 Å². The molecule has 2 aromatic carbocycles. The van der Waals surface area contributed by atoms with Gasteiger partial charge in [0.15, 0.2) is 5.17 Å². The van der Waals surface area contributed by atoms with E-state index < -0.39 is 0 Å². The normalized spacial score (nSPS) is 10.6. The molecule has 1 N–H and O–H groups in total. The van der Waals surface area contributed by atoms with Crippen LogP contribution in [-0.2, 0) is 0 Å². The van der Waals surface area contributed by atoms with E-state index in [1.807, 2.05) is 66.9 Å². The zero-order valence-electron chi connectivity index (χ0n) is 10.0. The molecule has 0 saturated heterocycles. The van der Waals surface area contributed by atoms with Crippen LogP contribution in [0.25, 0.3) is 0 Å². The number of hydrogen-bond donors (Lipinski definition) is 1. The molecule has 18 heavy (non-hydrogen) atoms. The van der Waals surface area contributed by atoms with Gasteiger partial charge in [0.25, 0.3) is 0 Å². The van der Waals surface area contributed by atoms with Crippen molar-refractivity contribution < 1.29 is 0 Å². The molecule has 4 heteroatoms. The van der Waals surface area contributed by atoms with Crippen molar-refractivity contribution in [1.82, 2.24) is 0 Å². The second kappa shape index (κ2) is 8.16. The highest BCUT2D eigenvalue weighted by Crippen LogP contribution is 2.15. The van der Waals surface area contributed by atoms with Crippen LogP contribution in [0.5, 0.6) is 0 Å². The maximum absolute atomic E-state index is 4.54. The highest BCUT2D eigenvalue weighted by Gasteiger charge is 1.98. The lowest BCUT2D eigenvalue weighted by atomic mass is 10.3. The first-order valence-electron chi connectivity index (χ1n) is 5.38. The number of nitrogens with zero attached hydrogens (tertiary/aromatic N) is 1. The Balaban J connectivity index is 0.00000162. The number of anilines is 1. The Morgan fingerprint density at radius 2 is 1.50 bits per heavy atom. The van der Waals surface area contributed by atoms with E-state index in [2.05, 4.69) is 10.3 Å². The van der Waals surface area contributed by atoms with Crippen molar-refractivity contribution in [2.45, 2.75) is 0 Å². The van der Waals surface area contributed by atoms with E-state index in [1.54, 1.807) is 11.8 Å². The average Bonchev–Trinajstić information content (AvgIpc) is 2.40. The molecule has 94 valence electrons. The third kappa shape index (κ3) is 4.70. The summed E-state index contributed by atoms with van der Waals surface area (Å²) < 4.78 is 0. The molecule has 0 aliphatic carbocycles. The van der Waals surface area contributed by atoms with Gasteiger partial charge in [0.2, 0.25) is 0 Å². The van der Waals surface area contributed by atoms with Crippen LogP contribution in [0.4, 0.5) is 11.4 Å². The molecule has 2 aromatic rings. The Morgan fingerprint density at radius 3 is 2.06 bits per heavy atom. The number of nitrogens with one attached hydrogen (secondary N) is 1. The predicted octanol–water partition coefficient (Wildman–Crippen LogP) is 4.77. The van der Waals surface area contributed by atoms with Crippen LogP contribution in [0.1, 0.15) is 0 Å². The first kappa shape index (κ1) is 15.0. The Labute approximate surface area is 129 Å². The van der Waals surface area contributed by atoms with Crippen molar-refractivity contribution in [3.8, 4) is 0 Å². The molecule has 0 spiro atoms. The smallest absolute Gasteiger partial charge is 0.165 e. The number of hydrogen-bond acceptors (Lipinski definition) is 2. The van der Waals surface area contributed by atoms with Gasteiger partial charge < -0.3 is 5.32 Å². The van der Waals surface area contributed by atoms with Gasteiger partial charge in [-0.1, -0.05) is 48.2 Å². The monoisotopic (exact) mass is 370 g/mol. The Morgan fingerprint density at radius 1 is 0.944 bits per heavy atom. The number of rotatable bonds is 2. The number of halogens is 1. The number of para-hydroxylation sites is 2. The minimum absolute atomic E-state index is 0. The first-order chi connectivity index (χ1) is 8.38. The van der Waals surface area contributed by atoms with Crippen LogP contribution in [0.15, 0.2) is 65.7 Å². The van der Waals surface area contributed by atoms with Crippen LogP contribution < -0.4 is 5.32 Å². The third-order valence-electron chi connectivity index (χ3n) is 2.21. The molecule has 2 rings (SSSR count). The molecule has 0 aliphatic heterocycles. The topological polar surface area (TPSA) is 24.4 Å². The standard InChI is InChI=1S/C14H14N2S.HI/c1-17-14(15-12-8-4-2-5-9-12)16-13-10-6-3-7-11-13;/h2-11H,1H3,(H,15,16);1H. The van der Waals surface area contributed by atoms with E-state index in [9.17, 15) is 0 Å². The van der Waals surface area contributed by atoms with Crippen molar-refractivity contribution in [3.63, 3.8) is 0 Å². The molecule has 0 radical (unpaired) electrons. The van der Waals surface area contributed by atoms with Crippen molar-refractivity contribution in [1.29, 1.82) is 0 Å². The summed E-state index contributed by atoms with van der Waals surface area (Å²) in [6.45, 7) is 0. The van der Waals surface area contributed by atoms with E-state index in [1.165, 1.54) is 0 Å². The predicted molar refractivity (Wildman–Crippen MR) is 92.5 cm³/mol. The van der Waals surface area contributed by atoms with Crippen molar-refractivity contribution in [3.05, 3.63) is 60.7 Å². The second-order valence-corrected chi connectivity index (χ2v) is 4.24. The number of amidine groups is 1. The fraction of sp³-hybridized carbons (Fsp3) is 0.0714. The Bertz CT molecular complexity index is 486. The van der Waals surface area contributed by atoms with Crippen LogP contribution >= 0.6 is 35.7 Å². The summed E-state index contributed by atoms with van der Waals surface area (Å²) in [5.74, 6) is 0. The molecule has 0 saturated carbocycles. The van der Waals surface area contributed by atoms with Gasteiger partial charge in [0.05, 0.1) is 5.69 Å². The molecule has 0 fully saturated rings. The van der Waals surface area contributed by atoms with Gasteiger partial charge in [0, 0.05) is 5.69 Å². The van der Waals surface area contributed by atoms with Gasteiger partial charge in [-0.2, -0.15) is 0 Å². The van der Waals surface area contributed by atoms with Gasteiger partial charge in [-0.05, 0) is 30.5 Å².